The molecule has 0 fully saturated rings. The van der Waals surface area contributed by atoms with Crippen molar-refractivity contribution < 1.29 is 9.90 Å². The van der Waals surface area contributed by atoms with E-state index in [4.69, 9.17) is 10.4 Å². The molecule has 0 aromatic rings. The predicted molar refractivity (Wildman–Crippen MR) is 49.2 cm³/mol. The van der Waals surface area contributed by atoms with Crippen molar-refractivity contribution in [1.82, 2.24) is 5.32 Å². The summed E-state index contributed by atoms with van der Waals surface area (Å²) < 4.78 is 0. The van der Waals surface area contributed by atoms with Gasteiger partial charge in [0.1, 0.15) is 5.54 Å². The Balaban J connectivity index is 4.45. The fourth-order valence-electron chi connectivity index (χ4n) is 0.925. The van der Waals surface area contributed by atoms with E-state index in [0.717, 1.165) is 0 Å². The summed E-state index contributed by atoms with van der Waals surface area (Å²) in [7, 11) is 0. The highest BCUT2D eigenvalue weighted by molar-refractivity contribution is 5.78. The Kier molecular flexibility index (Phi) is 4.43. The fraction of sp³-hybridized carbons (Fsp3) is 0.778. The normalized spacial score (nSPS) is 17.1. The lowest BCUT2D eigenvalue weighted by atomic mass is 9.97. The SMILES string of the molecule is CCC(C#N)NC(C)(CC)C(=O)O. The van der Waals surface area contributed by atoms with Crippen LogP contribution in [0.4, 0.5) is 0 Å². The minimum absolute atomic E-state index is 0.388. The molecule has 0 radical (unpaired) electrons. The third-order valence-corrected chi connectivity index (χ3v) is 2.24. The van der Waals surface area contributed by atoms with Crippen molar-refractivity contribution in [3.05, 3.63) is 0 Å². The number of hydrogen-bond acceptors (Lipinski definition) is 3. The van der Waals surface area contributed by atoms with Crippen LogP contribution >= 0.6 is 0 Å². The van der Waals surface area contributed by atoms with E-state index in [2.05, 4.69) is 5.32 Å². The fourth-order valence-corrected chi connectivity index (χ4v) is 0.925. The van der Waals surface area contributed by atoms with Crippen molar-refractivity contribution in [3.63, 3.8) is 0 Å². The van der Waals surface area contributed by atoms with Crippen molar-refractivity contribution in [2.45, 2.75) is 45.2 Å². The Hall–Kier alpha value is -1.08. The average molecular weight is 184 g/mol. The number of hydrogen-bond donors (Lipinski definition) is 2. The van der Waals surface area contributed by atoms with Crippen LogP contribution in [-0.2, 0) is 4.79 Å². The van der Waals surface area contributed by atoms with Gasteiger partial charge in [0, 0.05) is 0 Å². The molecule has 2 N–H and O–H groups in total. The Labute approximate surface area is 78.6 Å². The first-order chi connectivity index (χ1) is 6.00. The van der Waals surface area contributed by atoms with E-state index in [-0.39, 0.29) is 6.04 Å². The zero-order valence-electron chi connectivity index (χ0n) is 8.29. The smallest absolute Gasteiger partial charge is 0.323 e. The number of carboxylic acids is 1. The summed E-state index contributed by atoms with van der Waals surface area (Å²) in [5.41, 5.74) is -0.990. The van der Waals surface area contributed by atoms with Crippen LogP contribution in [0.15, 0.2) is 0 Å². The van der Waals surface area contributed by atoms with Gasteiger partial charge in [-0.25, -0.2) is 0 Å². The van der Waals surface area contributed by atoms with Crippen LogP contribution in [0.1, 0.15) is 33.6 Å². The van der Waals surface area contributed by atoms with Crippen LogP contribution in [0.3, 0.4) is 0 Å². The first kappa shape index (κ1) is 11.9. The minimum Gasteiger partial charge on any atom is -0.480 e. The second-order valence-electron chi connectivity index (χ2n) is 3.23. The summed E-state index contributed by atoms with van der Waals surface area (Å²) in [6, 6.07) is 1.63. The molecule has 0 aromatic heterocycles. The van der Waals surface area contributed by atoms with E-state index in [1.54, 1.807) is 13.8 Å². The second kappa shape index (κ2) is 4.83. The number of carbonyl (C=O) groups is 1. The second-order valence-corrected chi connectivity index (χ2v) is 3.23. The number of nitrogens with one attached hydrogen (secondary N) is 1. The molecule has 0 bridgehead atoms. The lowest BCUT2D eigenvalue weighted by Crippen LogP contribution is -2.52. The van der Waals surface area contributed by atoms with Crippen molar-refractivity contribution in [2.24, 2.45) is 0 Å². The van der Waals surface area contributed by atoms with Gasteiger partial charge >= 0.3 is 5.97 Å². The summed E-state index contributed by atoms with van der Waals surface area (Å²) in [6.45, 7) is 5.22. The largest absolute Gasteiger partial charge is 0.480 e. The van der Waals surface area contributed by atoms with Crippen molar-refractivity contribution in [1.29, 1.82) is 5.26 Å². The molecule has 0 amide bonds. The first-order valence-electron chi connectivity index (χ1n) is 4.40. The zero-order chi connectivity index (χ0) is 10.5. The maximum absolute atomic E-state index is 10.8. The van der Waals surface area contributed by atoms with E-state index in [0.29, 0.717) is 12.8 Å². The molecule has 0 saturated heterocycles. The molecule has 4 nitrogen and oxygen atoms in total. The van der Waals surface area contributed by atoms with Crippen LogP contribution in [-0.4, -0.2) is 22.7 Å². The van der Waals surface area contributed by atoms with Gasteiger partial charge < -0.3 is 5.11 Å². The molecule has 2 atom stereocenters. The number of rotatable bonds is 5. The van der Waals surface area contributed by atoms with Crippen LogP contribution in [0, 0.1) is 11.3 Å². The topological polar surface area (TPSA) is 73.1 Å². The molecular formula is C9H16N2O2. The number of aliphatic carboxylic acids is 1. The maximum atomic E-state index is 10.8. The van der Waals surface area contributed by atoms with Crippen LogP contribution in [0.25, 0.3) is 0 Å². The van der Waals surface area contributed by atoms with Gasteiger partial charge in [0.05, 0.1) is 12.1 Å². The molecule has 13 heavy (non-hydrogen) atoms. The summed E-state index contributed by atoms with van der Waals surface area (Å²) in [4.78, 5) is 10.8. The molecule has 0 rings (SSSR count). The maximum Gasteiger partial charge on any atom is 0.323 e. The molecule has 0 aromatic carbocycles. The van der Waals surface area contributed by atoms with Crippen molar-refractivity contribution in [2.75, 3.05) is 0 Å². The van der Waals surface area contributed by atoms with Crippen LogP contribution < -0.4 is 5.32 Å². The summed E-state index contributed by atoms with van der Waals surface area (Å²) in [5.74, 6) is -0.913. The molecule has 74 valence electrons. The van der Waals surface area contributed by atoms with E-state index in [9.17, 15) is 4.79 Å². The molecule has 4 heteroatoms. The standard InChI is InChI=1S/C9H16N2O2/c1-4-7(6-10)11-9(3,5-2)8(12)13/h7,11H,4-5H2,1-3H3,(H,12,13). The van der Waals surface area contributed by atoms with Gasteiger partial charge in [-0.3, -0.25) is 10.1 Å². The lowest BCUT2D eigenvalue weighted by molar-refractivity contribution is -0.144. The van der Waals surface area contributed by atoms with Gasteiger partial charge in [-0.1, -0.05) is 13.8 Å². The quantitative estimate of drug-likeness (QED) is 0.671. The Morgan fingerprint density at radius 3 is 2.46 bits per heavy atom. The monoisotopic (exact) mass is 184 g/mol. The van der Waals surface area contributed by atoms with Gasteiger partial charge in [0.2, 0.25) is 0 Å². The Morgan fingerprint density at radius 2 is 2.23 bits per heavy atom. The minimum atomic E-state index is -0.990. The first-order valence-corrected chi connectivity index (χ1v) is 4.40. The zero-order valence-corrected chi connectivity index (χ0v) is 8.29. The van der Waals surface area contributed by atoms with Gasteiger partial charge in [-0.2, -0.15) is 5.26 Å². The number of nitrogens with zero attached hydrogens (tertiary/aromatic N) is 1. The van der Waals surface area contributed by atoms with E-state index in [1.165, 1.54) is 0 Å². The molecule has 0 aliphatic carbocycles. The van der Waals surface area contributed by atoms with Gasteiger partial charge in [-0.05, 0) is 19.8 Å². The van der Waals surface area contributed by atoms with E-state index in [1.807, 2.05) is 13.0 Å². The average Bonchev–Trinajstić information content (AvgIpc) is 2.13. The van der Waals surface area contributed by atoms with Gasteiger partial charge in [0.15, 0.2) is 0 Å². The number of nitriles is 1. The molecule has 0 spiro atoms. The molecular weight excluding hydrogens is 168 g/mol. The molecule has 2 unspecified atom stereocenters. The van der Waals surface area contributed by atoms with E-state index >= 15 is 0 Å². The Morgan fingerprint density at radius 1 is 1.69 bits per heavy atom. The van der Waals surface area contributed by atoms with Gasteiger partial charge in [0.25, 0.3) is 0 Å². The Bertz CT molecular complexity index is 222. The lowest BCUT2D eigenvalue weighted by Gasteiger charge is -2.26. The van der Waals surface area contributed by atoms with Crippen LogP contribution in [0.5, 0.6) is 0 Å². The predicted octanol–water partition coefficient (Wildman–Crippen LogP) is 1.13. The summed E-state index contributed by atoms with van der Waals surface area (Å²) in [6.07, 6.45) is 1.07. The van der Waals surface area contributed by atoms with E-state index < -0.39 is 11.5 Å². The third kappa shape index (κ3) is 3.03. The van der Waals surface area contributed by atoms with Gasteiger partial charge in [-0.15, -0.1) is 0 Å². The highest BCUT2D eigenvalue weighted by Gasteiger charge is 2.32. The summed E-state index contributed by atoms with van der Waals surface area (Å²) in [5, 5.41) is 20.4. The van der Waals surface area contributed by atoms with Crippen molar-refractivity contribution in [3.8, 4) is 6.07 Å². The molecule has 0 aliphatic rings. The molecule has 0 heterocycles. The highest BCUT2D eigenvalue weighted by atomic mass is 16.4. The molecule has 0 saturated carbocycles. The third-order valence-electron chi connectivity index (χ3n) is 2.24. The van der Waals surface area contributed by atoms with Crippen LogP contribution in [0.2, 0.25) is 0 Å². The highest BCUT2D eigenvalue weighted by Crippen LogP contribution is 2.11. The summed E-state index contributed by atoms with van der Waals surface area (Å²) >= 11 is 0. The molecule has 0 aliphatic heterocycles. The van der Waals surface area contributed by atoms with Crippen molar-refractivity contribution >= 4 is 5.97 Å². The number of carboxylic acid groups (broad SMARTS) is 1.